The molecule has 1 amide bonds. The number of aliphatic hydroxyl groups excluding tert-OH is 1. The summed E-state index contributed by atoms with van der Waals surface area (Å²) >= 11 is 0. The first kappa shape index (κ1) is 34.5. The second kappa shape index (κ2) is 14.8. The summed E-state index contributed by atoms with van der Waals surface area (Å²) in [6.07, 6.45) is -4.29. The van der Waals surface area contributed by atoms with Gasteiger partial charge in [0.15, 0.2) is 5.82 Å². The number of benzene rings is 3. The Kier molecular flexibility index (Phi) is 11.4. The number of nitrogens with one attached hydrogen (secondary N) is 3. The Labute approximate surface area is 262 Å². The van der Waals surface area contributed by atoms with Gasteiger partial charge in [0.2, 0.25) is 0 Å². The fourth-order valence-electron chi connectivity index (χ4n) is 5.22. The van der Waals surface area contributed by atoms with Crippen molar-refractivity contribution in [3.63, 3.8) is 0 Å². The van der Waals surface area contributed by atoms with Crippen molar-refractivity contribution in [2.75, 3.05) is 28.5 Å². The smallest absolute Gasteiger partial charge is 0.390 e. The Hall–Kier alpha value is -3.36. The van der Waals surface area contributed by atoms with E-state index in [1.54, 1.807) is 12.1 Å². The van der Waals surface area contributed by atoms with Crippen molar-refractivity contribution in [1.82, 2.24) is 10.6 Å². The lowest BCUT2D eigenvalue weighted by Crippen LogP contribution is -2.49. The molecule has 0 saturated carbocycles. The molecular formula is C32H40F4N4O4S. The molecule has 0 bridgehead atoms. The molecule has 0 aromatic heterocycles. The lowest BCUT2D eigenvalue weighted by Gasteiger charge is -2.47. The van der Waals surface area contributed by atoms with Crippen LogP contribution in [0.4, 0.5) is 28.9 Å². The van der Waals surface area contributed by atoms with Crippen LogP contribution in [0, 0.1) is 5.82 Å². The number of nitrogens with zero attached hydrogens (tertiary/aromatic N) is 1. The number of rotatable bonds is 12. The van der Waals surface area contributed by atoms with E-state index >= 15 is 4.39 Å². The Balaban J connectivity index is 1.57. The predicted octanol–water partition coefficient (Wildman–Crippen LogP) is 6.42. The van der Waals surface area contributed by atoms with Crippen LogP contribution < -0.4 is 20.3 Å². The molecule has 6 N–H and O–H groups in total. The largest absolute Gasteiger partial charge is 0.416 e. The number of carbonyl (C=O) groups excluding carboxylic acids is 1. The first-order valence-electron chi connectivity index (χ1n) is 14.8. The molecule has 0 spiro atoms. The van der Waals surface area contributed by atoms with E-state index in [1.165, 1.54) is 28.6 Å². The van der Waals surface area contributed by atoms with Crippen molar-refractivity contribution < 1.29 is 36.6 Å². The number of carbonyl (C=O) groups is 1. The van der Waals surface area contributed by atoms with Crippen molar-refractivity contribution in [2.45, 2.75) is 64.0 Å². The molecule has 13 heteroatoms. The van der Waals surface area contributed by atoms with Gasteiger partial charge in [0, 0.05) is 31.4 Å². The van der Waals surface area contributed by atoms with Crippen molar-refractivity contribution in [1.29, 1.82) is 0 Å². The molecule has 3 aromatic rings. The molecule has 0 aliphatic carbocycles. The van der Waals surface area contributed by atoms with Crippen LogP contribution in [0.15, 0.2) is 66.7 Å². The number of hydrogen-bond donors (Lipinski definition) is 6. The van der Waals surface area contributed by atoms with E-state index in [2.05, 4.69) is 16.0 Å². The zero-order chi connectivity index (χ0) is 32.8. The van der Waals surface area contributed by atoms with Crippen LogP contribution in [0.2, 0.25) is 0 Å². The molecule has 1 fully saturated rings. The molecule has 3 aromatic carbocycles. The van der Waals surface area contributed by atoms with E-state index in [4.69, 9.17) is 0 Å². The molecule has 1 heterocycles. The van der Waals surface area contributed by atoms with E-state index in [0.717, 1.165) is 17.7 Å². The molecule has 45 heavy (non-hydrogen) atoms. The Bertz CT molecular complexity index is 1440. The van der Waals surface area contributed by atoms with Gasteiger partial charge in [-0.15, -0.1) is 10.8 Å². The summed E-state index contributed by atoms with van der Waals surface area (Å²) in [7, 11) is -3.28. The van der Waals surface area contributed by atoms with Gasteiger partial charge in [-0.05, 0) is 62.4 Å². The highest BCUT2D eigenvalue weighted by molar-refractivity contribution is 8.25. The zero-order valence-corrected chi connectivity index (χ0v) is 26.0. The fraction of sp³-hybridized carbons (Fsp3) is 0.406. The Morgan fingerprint density at radius 3 is 2.38 bits per heavy atom. The van der Waals surface area contributed by atoms with E-state index in [0.29, 0.717) is 24.1 Å². The molecule has 2 atom stereocenters. The maximum Gasteiger partial charge on any atom is 0.416 e. The van der Waals surface area contributed by atoms with Crippen molar-refractivity contribution >= 4 is 28.1 Å². The average molecular weight is 653 g/mol. The second-order valence-corrected chi connectivity index (χ2v) is 13.6. The molecule has 1 aliphatic rings. The summed E-state index contributed by atoms with van der Waals surface area (Å²) in [5.41, 5.74) is 0.354. The Morgan fingerprint density at radius 1 is 1.00 bits per heavy atom. The predicted molar refractivity (Wildman–Crippen MR) is 170 cm³/mol. The number of alkyl halides is 3. The van der Waals surface area contributed by atoms with E-state index < -0.39 is 46.4 Å². The quantitative estimate of drug-likeness (QED) is 0.125. The zero-order valence-electron chi connectivity index (χ0n) is 25.1. The minimum Gasteiger partial charge on any atom is -0.390 e. The summed E-state index contributed by atoms with van der Waals surface area (Å²) in [4.78, 5) is 13.7. The van der Waals surface area contributed by atoms with Gasteiger partial charge in [-0.25, -0.2) is 4.39 Å². The van der Waals surface area contributed by atoms with Crippen LogP contribution in [0.25, 0.3) is 0 Å². The number of halogens is 4. The molecule has 246 valence electrons. The number of aliphatic hydroxyl groups is 1. The van der Waals surface area contributed by atoms with Gasteiger partial charge in [-0.1, -0.05) is 48.5 Å². The van der Waals surface area contributed by atoms with E-state index in [-0.39, 0.29) is 49.1 Å². The van der Waals surface area contributed by atoms with Gasteiger partial charge in [-0.3, -0.25) is 18.2 Å². The first-order chi connectivity index (χ1) is 21.2. The SMILES string of the molecule is CC(C)Nc1cc(C(=O)NC(Cc2ccccc2)C(O)CNCc2cccc(C(F)(F)F)c2)c(F)c(N2CCCCS2(O)O)c1. The lowest BCUT2D eigenvalue weighted by molar-refractivity contribution is -0.137. The van der Waals surface area contributed by atoms with Gasteiger partial charge in [-0.2, -0.15) is 13.2 Å². The average Bonchev–Trinajstić information content (AvgIpc) is 2.97. The van der Waals surface area contributed by atoms with E-state index in [1.807, 2.05) is 32.0 Å². The molecular weight excluding hydrogens is 612 g/mol. The number of hydrogen-bond acceptors (Lipinski definition) is 7. The summed E-state index contributed by atoms with van der Waals surface area (Å²) in [5, 5.41) is 20.0. The summed E-state index contributed by atoms with van der Waals surface area (Å²) in [5.74, 6) is -1.64. The van der Waals surface area contributed by atoms with Gasteiger partial charge in [0.25, 0.3) is 5.91 Å². The van der Waals surface area contributed by atoms with Crippen LogP contribution >= 0.6 is 10.8 Å². The van der Waals surface area contributed by atoms with Crippen LogP contribution in [0.5, 0.6) is 0 Å². The molecule has 0 radical (unpaired) electrons. The standard InChI is InChI=1S/C32H40F4N4O4S/c1-21(2)38-25-17-26(30(33)28(18-25)40-13-6-7-14-45(40,43)44)31(42)39-27(16-22-9-4-3-5-10-22)29(41)20-37-19-23-11-8-12-24(15-23)32(34,35)36/h3-5,8-12,15,17-18,21,27,29,37-38,41,43-44H,6-7,13-14,16,19-20H2,1-2H3,(H,39,42). The highest BCUT2D eigenvalue weighted by Gasteiger charge is 2.33. The number of amides is 1. The highest BCUT2D eigenvalue weighted by Crippen LogP contribution is 2.51. The van der Waals surface area contributed by atoms with Crippen molar-refractivity contribution in [3.8, 4) is 0 Å². The van der Waals surface area contributed by atoms with Crippen molar-refractivity contribution in [2.24, 2.45) is 0 Å². The van der Waals surface area contributed by atoms with Gasteiger partial charge < -0.3 is 21.1 Å². The normalized spacial score (nSPS) is 17.1. The molecule has 1 saturated heterocycles. The maximum absolute atomic E-state index is 16.1. The molecule has 2 unspecified atom stereocenters. The summed E-state index contributed by atoms with van der Waals surface area (Å²) < 4.78 is 78.0. The van der Waals surface area contributed by atoms with Gasteiger partial charge in [0.1, 0.15) is 0 Å². The van der Waals surface area contributed by atoms with Crippen LogP contribution in [0.1, 0.15) is 53.7 Å². The van der Waals surface area contributed by atoms with Crippen LogP contribution in [0.3, 0.4) is 0 Å². The summed E-state index contributed by atoms with van der Waals surface area (Å²) in [6.45, 7) is 3.91. The van der Waals surface area contributed by atoms with Crippen molar-refractivity contribution in [3.05, 3.63) is 94.8 Å². The minimum absolute atomic E-state index is 0.0378. The second-order valence-electron chi connectivity index (χ2n) is 11.5. The highest BCUT2D eigenvalue weighted by atomic mass is 32.3. The van der Waals surface area contributed by atoms with Gasteiger partial charge in [0.05, 0.1) is 34.7 Å². The molecule has 4 rings (SSSR count). The van der Waals surface area contributed by atoms with E-state index in [9.17, 15) is 32.2 Å². The third-order valence-corrected chi connectivity index (χ3v) is 9.34. The van der Waals surface area contributed by atoms with Crippen LogP contribution in [-0.4, -0.2) is 57.1 Å². The van der Waals surface area contributed by atoms with Gasteiger partial charge >= 0.3 is 6.18 Å². The lowest BCUT2D eigenvalue weighted by atomic mass is 10.00. The third-order valence-electron chi connectivity index (χ3n) is 7.42. The molecule has 8 nitrogen and oxygen atoms in total. The monoisotopic (exact) mass is 652 g/mol. The molecule has 1 aliphatic heterocycles. The summed E-state index contributed by atoms with van der Waals surface area (Å²) in [6, 6.07) is 15.7. The fourth-order valence-corrected chi connectivity index (χ4v) is 6.90. The third kappa shape index (κ3) is 9.33. The first-order valence-corrected chi connectivity index (χ1v) is 16.5. The maximum atomic E-state index is 16.1. The number of anilines is 2. The van der Waals surface area contributed by atoms with Crippen LogP contribution in [-0.2, 0) is 19.1 Å². The Morgan fingerprint density at radius 2 is 1.71 bits per heavy atom. The topological polar surface area (TPSA) is 117 Å². The minimum atomic E-state index is -4.48.